The normalized spacial score (nSPS) is 13.0. The first kappa shape index (κ1) is 10.4. The van der Waals surface area contributed by atoms with Crippen LogP contribution in [0.3, 0.4) is 0 Å². The SMILES string of the molecule is O[C@@H](CCl)c1ccc(F)c2ccccc12. The minimum Gasteiger partial charge on any atom is -0.387 e. The molecule has 1 nitrogen and oxygen atoms in total. The van der Waals surface area contributed by atoms with Crippen molar-refractivity contribution in [1.29, 1.82) is 0 Å². The maximum Gasteiger partial charge on any atom is 0.131 e. The summed E-state index contributed by atoms with van der Waals surface area (Å²) in [6.45, 7) is 0. The fourth-order valence-corrected chi connectivity index (χ4v) is 1.83. The van der Waals surface area contributed by atoms with Gasteiger partial charge in [-0.05, 0) is 17.0 Å². The highest BCUT2D eigenvalue weighted by Gasteiger charge is 2.11. The van der Waals surface area contributed by atoms with Gasteiger partial charge in [0.1, 0.15) is 5.82 Å². The van der Waals surface area contributed by atoms with Crippen LogP contribution in [0, 0.1) is 5.82 Å². The number of rotatable bonds is 2. The summed E-state index contributed by atoms with van der Waals surface area (Å²) in [6, 6.07) is 9.98. The number of aliphatic hydroxyl groups excluding tert-OH is 1. The molecule has 0 aliphatic rings. The molecule has 3 heteroatoms. The molecule has 0 bridgehead atoms. The van der Waals surface area contributed by atoms with Crippen LogP contribution < -0.4 is 0 Å². The second-order valence-corrected chi connectivity index (χ2v) is 3.66. The molecule has 0 amide bonds. The van der Waals surface area contributed by atoms with E-state index in [1.54, 1.807) is 24.3 Å². The van der Waals surface area contributed by atoms with E-state index in [0.29, 0.717) is 16.3 Å². The second-order valence-electron chi connectivity index (χ2n) is 3.35. The van der Waals surface area contributed by atoms with Crippen LogP contribution in [0.2, 0.25) is 0 Å². The van der Waals surface area contributed by atoms with Crippen LogP contribution in [0.1, 0.15) is 11.7 Å². The van der Waals surface area contributed by atoms with Crippen molar-refractivity contribution in [3.63, 3.8) is 0 Å². The summed E-state index contributed by atoms with van der Waals surface area (Å²) < 4.78 is 13.4. The van der Waals surface area contributed by atoms with Crippen molar-refractivity contribution < 1.29 is 9.50 Å². The Labute approximate surface area is 92.1 Å². The average Bonchev–Trinajstić information content (AvgIpc) is 2.29. The molecule has 0 spiro atoms. The summed E-state index contributed by atoms with van der Waals surface area (Å²) in [5.74, 6) is -0.175. The molecule has 0 heterocycles. The summed E-state index contributed by atoms with van der Waals surface area (Å²) in [5, 5.41) is 10.9. The molecule has 0 unspecified atom stereocenters. The fraction of sp³-hybridized carbons (Fsp3) is 0.167. The molecule has 2 rings (SSSR count). The second kappa shape index (κ2) is 4.17. The van der Waals surface area contributed by atoms with Crippen LogP contribution in [-0.2, 0) is 0 Å². The molecule has 1 atom stereocenters. The van der Waals surface area contributed by atoms with Gasteiger partial charge in [0, 0.05) is 5.39 Å². The van der Waals surface area contributed by atoms with Crippen molar-refractivity contribution >= 4 is 22.4 Å². The summed E-state index contributed by atoms with van der Waals surface area (Å²) in [5.41, 5.74) is 0.669. The van der Waals surface area contributed by atoms with E-state index < -0.39 is 6.10 Å². The number of hydrogen-bond acceptors (Lipinski definition) is 1. The van der Waals surface area contributed by atoms with E-state index in [4.69, 9.17) is 11.6 Å². The van der Waals surface area contributed by atoms with Gasteiger partial charge in [-0.2, -0.15) is 0 Å². The highest BCUT2D eigenvalue weighted by molar-refractivity contribution is 6.18. The Hall–Kier alpha value is -1.12. The zero-order valence-corrected chi connectivity index (χ0v) is 8.71. The van der Waals surface area contributed by atoms with Crippen LogP contribution in [0.25, 0.3) is 10.8 Å². The molecule has 0 saturated carbocycles. The predicted molar refractivity (Wildman–Crippen MR) is 59.6 cm³/mol. The summed E-state index contributed by atoms with van der Waals surface area (Å²) in [6.07, 6.45) is -0.753. The molecular weight excluding hydrogens is 215 g/mol. The highest BCUT2D eigenvalue weighted by atomic mass is 35.5. The van der Waals surface area contributed by atoms with Crippen molar-refractivity contribution in [2.45, 2.75) is 6.10 Å². The number of benzene rings is 2. The van der Waals surface area contributed by atoms with Gasteiger partial charge in [0.25, 0.3) is 0 Å². The van der Waals surface area contributed by atoms with Gasteiger partial charge in [0.15, 0.2) is 0 Å². The quantitative estimate of drug-likeness (QED) is 0.777. The Morgan fingerprint density at radius 1 is 1.13 bits per heavy atom. The van der Waals surface area contributed by atoms with Gasteiger partial charge in [0.05, 0.1) is 12.0 Å². The zero-order valence-electron chi connectivity index (χ0n) is 7.95. The monoisotopic (exact) mass is 224 g/mol. The fourth-order valence-electron chi connectivity index (χ4n) is 1.66. The Balaban J connectivity index is 2.71. The molecule has 0 radical (unpaired) electrons. The van der Waals surface area contributed by atoms with E-state index in [9.17, 15) is 9.50 Å². The molecule has 2 aromatic carbocycles. The third-order valence-electron chi connectivity index (χ3n) is 2.41. The van der Waals surface area contributed by atoms with Gasteiger partial charge in [-0.15, -0.1) is 11.6 Å². The van der Waals surface area contributed by atoms with Gasteiger partial charge in [0.2, 0.25) is 0 Å². The predicted octanol–water partition coefficient (Wildman–Crippen LogP) is 3.25. The van der Waals surface area contributed by atoms with Gasteiger partial charge >= 0.3 is 0 Å². The molecule has 15 heavy (non-hydrogen) atoms. The first-order valence-electron chi connectivity index (χ1n) is 4.65. The van der Waals surface area contributed by atoms with Crippen LogP contribution >= 0.6 is 11.6 Å². The highest BCUT2D eigenvalue weighted by Crippen LogP contribution is 2.26. The average molecular weight is 225 g/mol. The van der Waals surface area contributed by atoms with Crippen molar-refractivity contribution in [3.05, 3.63) is 47.8 Å². The van der Waals surface area contributed by atoms with E-state index in [1.165, 1.54) is 6.07 Å². The van der Waals surface area contributed by atoms with Gasteiger partial charge in [-0.3, -0.25) is 0 Å². The molecule has 0 aromatic heterocycles. The van der Waals surface area contributed by atoms with Crippen LogP contribution in [-0.4, -0.2) is 11.0 Å². The number of fused-ring (bicyclic) bond motifs is 1. The summed E-state index contributed by atoms with van der Waals surface area (Å²) >= 11 is 5.58. The van der Waals surface area contributed by atoms with Crippen molar-refractivity contribution in [1.82, 2.24) is 0 Å². The molecule has 0 fully saturated rings. The lowest BCUT2D eigenvalue weighted by Crippen LogP contribution is -2.00. The maximum atomic E-state index is 13.4. The minimum absolute atomic E-state index is 0.107. The summed E-state index contributed by atoms with van der Waals surface area (Å²) in [7, 11) is 0. The van der Waals surface area contributed by atoms with E-state index in [-0.39, 0.29) is 11.7 Å². The van der Waals surface area contributed by atoms with E-state index in [0.717, 1.165) is 0 Å². The summed E-state index contributed by atoms with van der Waals surface area (Å²) in [4.78, 5) is 0. The van der Waals surface area contributed by atoms with E-state index in [2.05, 4.69) is 0 Å². The van der Waals surface area contributed by atoms with E-state index in [1.807, 2.05) is 6.07 Å². The topological polar surface area (TPSA) is 20.2 Å². The molecular formula is C12H10ClFO. The lowest BCUT2D eigenvalue weighted by Gasteiger charge is -2.11. The number of halogens is 2. The van der Waals surface area contributed by atoms with Crippen molar-refractivity contribution in [2.75, 3.05) is 5.88 Å². The zero-order chi connectivity index (χ0) is 10.8. The number of aliphatic hydroxyl groups is 1. The Kier molecular flexibility index (Phi) is 2.89. The van der Waals surface area contributed by atoms with Crippen LogP contribution in [0.5, 0.6) is 0 Å². The van der Waals surface area contributed by atoms with Crippen LogP contribution in [0.4, 0.5) is 4.39 Å². The lowest BCUT2D eigenvalue weighted by molar-refractivity contribution is 0.204. The van der Waals surface area contributed by atoms with Gasteiger partial charge < -0.3 is 5.11 Å². The Bertz CT molecular complexity index is 484. The maximum absolute atomic E-state index is 13.4. The standard InChI is InChI=1S/C12H10ClFO/c13-7-12(15)10-5-6-11(14)9-4-2-1-3-8(9)10/h1-6,12,15H,7H2/t12-/m0/s1. The molecule has 2 aromatic rings. The first-order valence-corrected chi connectivity index (χ1v) is 5.18. The molecule has 0 aliphatic carbocycles. The van der Waals surface area contributed by atoms with E-state index >= 15 is 0 Å². The first-order chi connectivity index (χ1) is 7.24. The number of alkyl halides is 1. The van der Waals surface area contributed by atoms with Gasteiger partial charge in [-0.25, -0.2) is 4.39 Å². The van der Waals surface area contributed by atoms with Crippen molar-refractivity contribution in [2.24, 2.45) is 0 Å². The molecule has 0 aliphatic heterocycles. The largest absolute Gasteiger partial charge is 0.387 e. The number of hydrogen-bond donors (Lipinski definition) is 1. The Morgan fingerprint density at radius 3 is 2.47 bits per heavy atom. The lowest BCUT2D eigenvalue weighted by atomic mass is 10.0. The molecule has 78 valence electrons. The minimum atomic E-state index is -0.753. The third kappa shape index (κ3) is 1.83. The Morgan fingerprint density at radius 2 is 1.80 bits per heavy atom. The molecule has 1 N–H and O–H groups in total. The van der Waals surface area contributed by atoms with Crippen LogP contribution in [0.15, 0.2) is 36.4 Å². The smallest absolute Gasteiger partial charge is 0.131 e. The third-order valence-corrected chi connectivity index (χ3v) is 2.70. The van der Waals surface area contributed by atoms with Gasteiger partial charge in [-0.1, -0.05) is 30.3 Å². The van der Waals surface area contributed by atoms with Crippen molar-refractivity contribution in [3.8, 4) is 0 Å². The molecule has 0 saturated heterocycles.